The molecule has 1 atom stereocenters. The molecule has 5 heteroatoms. The molecule has 0 aliphatic carbocycles. The number of carbonyl (C=O) groups is 1. The third-order valence-electron chi connectivity index (χ3n) is 3.04. The average molecular weight is 271 g/mol. The first-order valence-corrected chi connectivity index (χ1v) is 6.37. The van der Waals surface area contributed by atoms with Crippen LogP contribution in [-0.2, 0) is 11.3 Å². The number of methoxy groups -OCH3 is 1. The Balaban J connectivity index is 1.93. The lowest BCUT2D eigenvalue weighted by molar-refractivity contribution is 0.0600. The summed E-state index contributed by atoms with van der Waals surface area (Å²) in [5.41, 5.74) is 2.50. The van der Waals surface area contributed by atoms with Gasteiger partial charge in [0.25, 0.3) is 0 Å². The van der Waals surface area contributed by atoms with Gasteiger partial charge in [-0.25, -0.2) is 4.79 Å². The Labute approximate surface area is 118 Å². The average Bonchev–Trinajstić information content (AvgIpc) is 2.53. The molecule has 2 rings (SSSR count). The predicted octanol–water partition coefficient (Wildman–Crippen LogP) is 2.11. The molecule has 0 aromatic carbocycles. The second-order valence-corrected chi connectivity index (χ2v) is 4.41. The van der Waals surface area contributed by atoms with Crippen molar-refractivity contribution in [3.63, 3.8) is 0 Å². The van der Waals surface area contributed by atoms with Gasteiger partial charge < -0.3 is 10.1 Å². The van der Waals surface area contributed by atoms with E-state index in [9.17, 15) is 4.79 Å². The molecule has 0 radical (unpaired) electrons. The molecule has 0 bridgehead atoms. The van der Waals surface area contributed by atoms with Gasteiger partial charge in [-0.1, -0.05) is 0 Å². The summed E-state index contributed by atoms with van der Waals surface area (Å²) in [4.78, 5) is 19.5. The Morgan fingerprint density at radius 2 is 2.05 bits per heavy atom. The smallest absolute Gasteiger partial charge is 0.339 e. The van der Waals surface area contributed by atoms with Gasteiger partial charge in [-0.2, -0.15) is 0 Å². The van der Waals surface area contributed by atoms with E-state index in [0.717, 1.165) is 5.69 Å². The lowest BCUT2D eigenvalue weighted by Gasteiger charge is -2.13. The highest BCUT2D eigenvalue weighted by atomic mass is 16.5. The van der Waals surface area contributed by atoms with E-state index in [1.54, 1.807) is 18.5 Å². The number of nitrogens with zero attached hydrogens (tertiary/aromatic N) is 2. The van der Waals surface area contributed by atoms with Crippen LogP contribution in [0.3, 0.4) is 0 Å². The fourth-order valence-corrected chi connectivity index (χ4v) is 1.80. The molecule has 104 valence electrons. The van der Waals surface area contributed by atoms with Gasteiger partial charge in [0, 0.05) is 31.2 Å². The SMILES string of the molecule is COC(=O)c1ccc(CN[C@H](C)c2ccncc2)nc1. The molecule has 0 amide bonds. The predicted molar refractivity (Wildman–Crippen MR) is 75.1 cm³/mol. The summed E-state index contributed by atoms with van der Waals surface area (Å²) in [5, 5.41) is 3.37. The molecule has 2 heterocycles. The standard InChI is InChI=1S/C15H17N3O2/c1-11(12-5-7-16-8-6-12)17-10-14-4-3-13(9-18-14)15(19)20-2/h3-9,11,17H,10H2,1-2H3/t11-/m1/s1. The van der Waals surface area contributed by atoms with Gasteiger partial charge in [-0.3, -0.25) is 9.97 Å². The molecule has 5 nitrogen and oxygen atoms in total. The highest BCUT2D eigenvalue weighted by Crippen LogP contribution is 2.11. The van der Waals surface area contributed by atoms with Gasteiger partial charge in [0.15, 0.2) is 0 Å². The summed E-state index contributed by atoms with van der Waals surface area (Å²) in [5.74, 6) is -0.373. The fourth-order valence-electron chi connectivity index (χ4n) is 1.80. The number of nitrogens with one attached hydrogen (secondary N) is 1. The maximum Gasteiger partial charge on any atom is 0.339 e. The number of rotatable bonds is 5. The molecule has 0 saturated heterocycles. The molecular formula is C15H17N3O2. The molecule has 0 spiro atoms. The first-order valence-electron chi connectivity index (χ1n) is 6.37. The maximum atomic E-state index is 11.3. The van der Waals surface area contributed by atoms with Crippen molar-refractivity contribution in [1.29, 1.82) is 0 Å². The summed E-state index contributed by atoms with van der Waals surface area (Å²) in [6.45, 7) is 2.71. The molecule has 0 aliphatic rings. The Hall–Kier alpha value is -2.27. The van der Waals surface area contributed by atoms with Gasteiger partial charge in [-0.05, 0) is 36.8 Å². The molecule has 0 unspecified atom stereocenters. The van der Waals surface area contributed by atoms with Crippen molar-refractivity contribution in [2.24, 2.45) is 0 Å². The van der Waals surface area contributed by atoms with Crippen molar-refractivity contribution in [3.05, 3.63) is 59.7 Å². The van der Waals surface area contributed by atoms with Gasteiger partial charge >= 0.3 is 5.97 Å². The zero-order chi connectivity index (χ0) is 14.4. The van der Waals surface area contributed by atoms with Crippen molar-refractivity contribution in [1.82, 2.24) is 15.3 Å². The summed E-state index contributed by atoms with van der Waals surface area (Å²) >= 11 is 0. The summed E-state index contributed by atoms with van der Waals surface area (Å²) < 4.78 is 4.63. The maximum absolute atomic E-state index is 11.3. The van der Waals surface area contributed by atoms with Crippen molar-refractivity contribution in [2.45, 2.75) is 19.5 Å². The van der Waals surface area contributed by atoms with Crippen LogP contribution in [0.1, 0.15) is 34.6 Å². The van der Waals surface area contributed by atoms with Gasteiger partial charge in [-0.15, -0.1) is 0 Å². The zero-order valence-corrected chi connectivity index (χ0v) is 11.5. The van der Waals surface area contributed by atoms with E-state index >= 15 is 0 Å². The topological polar surface area (TPSA) is 64.1 Å². The molecule has 0 aliphatic heterocycles. The van der Waals surface area contributed by atoms with Gasteiger partial charge in [0.2, 0.25) is 0 Å². The van der Waals surface area contributed by atoms with Crippen LogP contribution < -0.4 is 5.32 Å². The molecular weight excluding hydrogens is 254 g/mol. The monoisotopic (exact) mass is 271 g/mol. The summed E-state index contributed by atoms with van der Waals surface area (Å²) in [7, 11) is 1.36. The Morgan fingerprint density at radius 1 is 1.30 bits per heavy atom. The minimum Gasteiger partial charge on any atom is -0.465 e. The second-order valence-electron chi connectivity index (χ2n) is 4.41. The fraction of sp³-hybridized carbons (Fsp3) is 0.267. The quantitative estimate of drug-likeness (QED) is 0.844. The Bertz CT molecular complexity index is 555. The first-order chi connectivity index (χ1) is 9.70. The van der Waals surface area contributed by atoms with Crippen LogP contribution in [0.4, 0.5) is 0 Å². The molecule has 0 saturated carbocycles. The van der Waals surface area contributed by atoms with E-state index in [-0.39, 0.29) is 12.0 Å². The van der Waals surface area contributed by atoms with E-state index in [1.165, 1.54) is 18.9 Å². The molecule has 1 N–H and O–H groups in total. The zero-order valence-electron chi connectivity index (χ0n) is 11.5. The molecule has 2 aromatic rings. The lowest BCUT2D eigenvalue weighted by Crippen LogP contribution is -2.18. The lowest BCUT2D eigenvalue weighted by atomic mass is 10.1. The van der Waals surface area contributed by atoms with E-state index in [1.807, 2.05) is 18.2 Å². The minimum absolute atomic E-state index is 0.208. The highest BCUT2D eigenvalue weighted by Gasteiger charge is 2.07. The van der Waals surface area contributed by atoms with Crippen LogP contribution in [0.25, 0.3) is 0 Å². The normalized spacial score (nSPS) is 11.9. The van der Waals surface area contributed by atoms with Crippen LogP contribution >= 0.6 is 0 Å². The van der Waals surface area contributed by atoms with Crippen molar-refractivity contribution >= 4 is 5.97 Å². The van der Waals surface area contributed by atoms with Crippen molar-refractivity contribution < 1.29 is 9.53 Å². The number of pyridine rings is 2. The van der Waals surface area contributed by atoms with Crippen molar-refractivity contribution in [2.75, 3.05) is 7.11 Å². The number of ether oxygens (including phenoxy) is 1. The minimum atomic E-state index is -0.373. The number of aromatic nitrogens is 2. The third-order valence-corrected chi connectivity index (χ3v) is 3.04. The van der Waals surface area contributed by atoms with E-state index in [2.05, 4.69) is 26.9 Å². The molecule has 0 fully saturated rings. The number of carbonyl (C=O) groups excluding carboxylic acids is 1. The summed E-state index contributed by atoms with van der Waals surface area (Å²) in [6, 6.07) is 7.70. The van der Waals surface area contributed by atoms with E-state index in [4.69, 9.17) is 0 Å². The second kappa shape index (κ2) is 6.77. The van der Waals surface area contributed by atoms with E-state index in [0.29, 0.717) is 12.1 Å². The van der Waals surface area contributed by atoms with Crippen LogP contribution in [0.15, 0.2) is 42.9 Å². The van der Waals surface area contributed by atoms with Crippen LogP contribution in [0.5, 0.6) is 0 Å². The van der Waals surface area contributed by atoms with Crippen LogP contribution in [0.2, 0.25) is 0 Å². The van der Waals surface area contributed by atoms with Crippen LogP contribution in [-0.4, -0.2) is 23.0 Å². The molecule has 2 aromatic heterocycles. The van der Waals surface area contributed by atoms with Gasteiger partial charge in [0.05, 0.1) is 18.4 Å². The Kier molecular flexibility index (Phi) is 4.79. The number of esters is 1. The number of hydrogen-bond acceptors (Lipinski definition) is 5. The highest BCUT2D eigenvalue weighted by molar-refractivity contribution is 5.88. The summed E-state index contributed by atoms with van der Waals surface area (Å²) in [6.07, 6.45) is 5.08. The Morgan fingerprint density at radius 3 is 2.65 bits per heavy atom. The third kappa shape index (κ3) is 3.61. The largest absolute Gasteiger partial charge is 0.465 e. The van der Waals surface area contributed by atoms with Gasteiger partial charge in [0.1, 0.15) is 0 Å². The van der Waals surface area contributed by atoms with Crippen molar-refractivity contribution in [3.8, 4) is 0 Å². The van der Waals surface area contributed by atoms with E-state index < -0.39 is 0 Å². The van der Waals surface area contributed by atoms with Crippen LogP contribution in [0, 0.1) is 0 Å². The molecule has 20 heavy (non-hydrogen) atoms. The first kappa shape index (κ1) is 14.1. The number of hydrogen-bond donors (Lipinski definition) is 1.